The number of hydrogen-bond donors (Lipinski definition) is 0. The Balaban J connectivity index is 4.08. The van der Waals surface area contributed by atoms with E-state index in [4.69, 9.17) is 25.5 Å². The number of nitrogens with zero attached hydrogens (tertiary/aromatic N) is 1. The van der Waals surface area contributed by atoms with Gasteiger partial charge in [0.1, 0.15) is 0 Å². The zero-order chi connectivity index (χ0) is 9.45. The van der Waals surface area contributed by atoms with Gasteiger partial charge in [-0.1, -0.05) is 5.16 Å². The summed E-state index contributed by atoms with van der Waals surface area (Å²) in [5, 5.41) is 3.55. The molecule has 0 atom stereocenters. The summed E-state index contributed by atoms with van der Waals surface area (Å²) < 4.78 is 15.2. The van der Waals surface area contributed by atoms with Crippen molar-refractivity contribution in [3.05, 3.63) is 0 Å². The molecule has 0 bridgehead atoms. The summed E-state index contributed by atoms with van der Waals surface area (Å²) >= 11 is 5.00. The molecular weight excluding hydrogens is 197 g/mol. The quantitative estimate of drug-likeness (QED) is 0.384. The summed E-state index contributed by atoms with van der Waals surface area (Å²) in [6, 6.07) is 0. The van der Waals surface area contributed by atoms with Gasteiger partial charge in [-0.05, 0) is 20.8 Å². The molecule has 0 aromatic rings. The van der Waals surface area contributed by atoms with Crippen LogP contribution in [0.5, 0.6) is 0 Å². The fourth-order valence-corrected chi connectivity index (χ4v) is 2.26. The lowest BCUT2D eigenvalue weighted by atomic mass is 10.9. The van der Waals surface area contributed by atoms with Crippen LogP contribution in [0, 0.1) is 0 Å². The zero-order valence-electron chi connectivity index (χ0n) is 7.52. The highest BCUT2D eigenvalue weighted by Crippen LogP contribution is 2.49. The maximum Gasteiger partial charge on any atom is 0.402 e. The van der Waals surface area contributed by atoms with Gasteiger partial charge in [0.2, 0.25) is 0 Å². The van der Waals surface area contributed by atoms with Crippen LogP contribution in [0.25, 0.3) is 0 Å². The first-order valence-corrected chi connectivity index (χ1v) is 6.30. The molecule has 4 nitrogen and oxygen atoms in total. The van der Waals surface area contributed by atoms with E-state index in [0.29, 0.717) is 13.2 Å². The van der Waals surface area contributed by atoms with Crippen LogP contribution < -0.4 is 0 Å². The molecule has 0 aliphatic carbocycles. The van der Waals surface area contributed by atoms with Crippen molar-refractivity contribution >= 4 is 24.7 Å². The van der Waals surface area contributed by atoms with Crippen molar-refractivity contribution in [1.29, 1.82) is 0 Å². The van der Waals surface area contributed by atoms with Crippen LogP contribution in [0.15, 0.2) is 5.16 Å². The molecule has 0 rings (SSSR count). The van der Waals surface area contributed by atoms with Crippen molar-refractivity contribution < 1.29 is 13.7 Å². The smallest absolute Gasteiger partial charge is 0.314 e. The van der Waals surface area contributed by atoms with Crippen molar-refractivity contribution in [3.8, 4) is 0 Å². The molecule has 0 aliphatic rings. The first kappa shape index (κ1) is 12.0. The maximum atomic E-state index is 5.14. The molecule has 0 aliphatic heterocycles. The Morgan fingerprint density at radius 1 is 1.33 bits per heavy atom. The van der Waals surface area contributed by atoms with E-state index in [1.165, 1.54) is 6.21 Å². The van der Waals surface area contributed by atoms with Gasteiger partial charge in [-0.15, -0.1) is 0 Å². The molecule has 0 saturated carbocycles. The molecule has 6 heteroatoms. The Morgan fingerprint density at radius 3 is 2.17 bits per heavy atom. The average Bonchev–Trinajstić information content (AvgIpc) is 2.02. The van der Waals surface area contributed by atoms with E-state index in [2.05, 4.69) is 5.16 Å². The van der Waals surface area contributed by atoms with Crippen LogP contribution in [0.2, 0.25) is 0 Å². The van der Waals surface area contributed by atoms with Crippen LogP contribution in [-0.4, -0.2) is 19.4 Å². The molecule has 0 radical (unpaired) electrons. The fourth-order valence-electron chi connectivity index (χ4n) is 0.506. The first-order chi connectivity index (χ1) is 5.68. The maximum absolute atomic E-state index is 5.14. The van der Waals surface area contributed by atoms with Gasteiger partial charge in [0, 0.05) is 18.0 Å². The van der Waals surface area contributed by atoms with Gasteiger partial charge in [-0.25, -0.2) is 0 Å². The van der Waals surface area contributed by atoms with Gasteiger partial charge in [0.15, 0.2) is 0 Å². The van der Waals surface area contributed by atoms with E-state index in [1.54, 1.807) is 6.92 Å². The second-order valence-corrected chi connectivity index (χ2v) is 4.64. The SMILES string of the molecule is C/C=N\OP(=S)(OCC)OCC. The third kappa shape index (κ3) is 4.83. The van der Waals surface area contributed by atoms with Crippen molar-refractivity contribution in [2.24, 2.45) is 5.16 Å². The largest absolute Gasteiger partial charge is 0.402 e. The summed E-state index contributed by atoms with van der Waals surface area (Å²) in [6.07, 6.45) is 1.50. The van der Waals surface area contributed by atoms with E-state index in [0.717, 1.165) is 0 Å². The Labute approximate surface area is 78.1 Å². The zero-order valence-corrected chi connectivity index (χ0v) is 9.23. The molecule has 0 unspecified atom stereocenters. The summed E-state index contributed by atoms with van der Waals surface area (Å²) in [5.41, 5.74) is 0. The van der Waals surface area contributed by atoms with Gasteiger partial charge in [-0.3, -0.25) is 9.05 Å². The Kier molecular flexibility index (Phi) is 6.57. The highest BCUT2D eigenvalue weighted by Gasteiger charge is 2.19. The minimum atomic E-state index is -2.60. The van der Waals surface area contributed by atoms with E-state index in [9.17, 15) is 0 Å². The van der Waals surface area contributed by atoms with Gasteiger partial charge < -0.3 is 4.62 Å². The third-order valence-electron chi connectivity index (χ3n) is 0.827. The second kappa shape index (κ2) is 6.54. The number of hydrogen-bond acceptors (Lipinski definition) is 5. The normalized spacial score (nSPS) is 12.2. The minimum Gasteiger partial charge on any atom is -0.314 e. The molecule has 0 fully saturated rings. The lowest BCUT2D eigenvalue weighted by molar-refractivity contribution is 0.172. The van der Waals surface area contributed by atoms with E-state index in [1.807, 2.05) is 13.8 Å². The summed E-state index contributed by atoms with van der Waals surface area (Å²) in [4.78, 5) is 0. The van der Waals surface area contributed by atoms with Gasteiger partial charge >= 0.3 is 6.72 Å². The molecule has 0 aromatic heterocycles. The average molecular weight is 211 g/mol. The molecule has 72 valence electrons. The van der Waals surface area contributed by atoms with E-state index >= 15 is 0 Å². The standard InChI is InChI=1S/C6H14NO3PS/c1-4-7-10-11(12,8-5-2)9-6-3/h4H,5-6H2,1-3H3/b7-4-. The highest BCUT2D eigenvalue weighted by molar-refractivity contribution is 8.07. The summed E-state index contributed by atoms with van der Waals surface area (Å²) in [5.74, 6) is 0. The Morgan fingerprint density at radius 2 is 1.83 bits per heavy atom. The topological polar surface area (TPSA) is 40.0 Å². The second-order valence-electron chi connectivity index (χ2n) is 1.73. The van der Waals surface area contributed by atoms with Crippen LogP contribution >= 0.6 is 6.72 Å². The summed E-state index contributed by atoms with van der Waals surface area (Å²) in [6.45, 7) is 3.74. The molecule has 12 heavy (non-hydrogen) atoms. The highest BCUT2D eigenvalue weighted by atomic mass is 32.5. The van der Waals surface area contributed by atoms with Crippen molar-refractivity contribution in [2.75, 3.05) is 13.2 Å². The lowest BCUT2D eigenvalue weighted by Gasteiger charge is -2.16. The lowest BCUT2D eigenvalue weighted by Crippen LogP contribution is -1.96. The first-order valence-electron chi connectivity index (χ1n) is 3.74. The molecule has 0 spiro atoms. The predicted octanol–water partition coefficient (Wildman–Crippen LogP) is 2.31. The summed E-state index contributed by atoms with van der Waals surface area (Å²) in [7, 11) is 0. The molecule has 0 saturated heterocycles. The van der Waals surface area contributed by atoms with E-state index < -0.39 is 6.72 Å². The van der Waals surface area contributed by atoms with Crippen molar-refractivity contribution in [2.45, 2.75) is 20.8 Å². The van der Waals surface area contributed by atoms with Crippen LogP contribution in [0.3, 0.4) is 0 Å². The Bertz CT molecular complexity index is 176. The van der Waals surface area contributed by atoms with Crippen LogP contribution in [-0.2, 0) is 25.5 Å². The molecule has 0 aromatic carbocycles. The molecular formula is C6H14NO3PS. The number of rotatable bonds is 6. The van der Waals surface area contributed by atoms with Crippen molar-refractivity contribution in [1.82, 2.24) is 0 Å². The Hall–Kier alpha value is 0.0400. The van der Waals surface area contributed by atoms with Crippen LogP contribution in [0.4, 0.5) is 0 Å². The van der Waals surface area contributed by atoms with Gasteiger partial charge in [-0.2, -0.15) is 0 Å². The third-order valence-corrected chi connectivity index (χ3v) is 3.10. The van der Waals surface area contributed by atoms with Gasteiger partial charge in [0.25, 0.3) is 0 Å². The van der Waals surface area contributed by atoms with Crippen molar-refractivity contribution in [3.63, 3.8) is 0 Å². The minimum absolute atomic E-state index is 0.469. The van der Waals surface area contributed by atoms with E-state index in [-0.39, 0.29) is 0 Å². The van der Waals surface area contributed by atoms with Gasteiger partial charge in [0.05, 0.1) is 13.2 Å². The predicted molar refractivity (Wildman–Crippen MR) is 52.8 cm³/mol. The molecule has 0 amide bonds. The monoisotopic (exact) mass is 211 g/mol. The molecule has 0 N–H and O–H groups in total. The fraction of sp³-hybridized carbons (Fsp3) is 0.833. The number of oxime groups is 1. The molecule has 0 heterocycles. The van der Waals surface area contributed by atoms with Crippen LogP contribution in [0.1, 0.15) is 20.8 Å².